The van der Waals surface area contributed by atoms with Crippen LogP contribution >= 0.6 is 0 Å². The minimum Gasteiger partial charge on any atom is -0.384 e. The largest absolute Gasteiger partial charge is 0.384 e. The van der Waals surface area contributed by atoms with Crippen LogP contribution in [0, 0.1) is 12.8 Å². The van der Waals surface area contributed by atoms with Gasteiger partial charge in [0.25, 0.3) is 0 Å². The summed E-state index contributed by atoms with van der Waals surface area (Å²) in [6.45, 7) is 10.1. The summed E-state index contributed by atoms with van der Waals surface area (Å²) in [5.74, 6) is 1.55. The summed E-state index contributed by atoms with van der Waals surface area (Å²) in [6.07, 6.45) is 4.29. The van der Waals surface area contributed by atoms with Gasteiger partial charge in [-0.05, 0) is 25.7 Å². The minimum absolute atomic E-state index is 0.476. The second-order valence-corrected chi connectivity index (χ2v) is 6.20. The first-order valence-corrected chi connectivity index (χ1v) is 7.90. The summed E-state index contributed by atoms with van der Waals surface area (Å²) in [7, 11) is 1.78. The smallest absolute Gasteiger partial charge is 0.225 e. The molecule has 0 aliphatic carbocycles. The zero-order chi connectivity index (χ0) is 15.2. The molecule has 0 unspecified atom stereocenters. The molecule has 2 heterocycles. The first-order valence-electron chi connectivity index (χ1n) is 7.90. The molecule has 0 saturated carbocycles. The van der Waals surface area contributed by atoms with Crippen LogP contribution in [0.1, 0.15) is 37.9 Å². The van der Waals surface area contributed by atoms with Crippen molar-refractivity contribution in [3.63, 3.8) is 0 Å². The molecule has 1 aliphatic heterocycles. The second-order valence-electron chi connectivity index (χ2n) is 6.20. The fourth-order valence-electron chi connectivity index (χ4n) is 2.66. The van der Waals surface area contributed by atoms with E-state index in [9.17, 15) is 0 Å². The molecule has 0 aromatic carbocycles. The predicted octanol–water partition coefficient (Wildman–Crippen LogP) is 2.15. The number of hydrogen-bond acceptors (Lipinski definition) is 5. The van der Waals surface area contributed by atoms with Crippen LogP contribution in [0.15, 0.2) is 6.20 Å². The Morgan fingerprint density at radius 3 is 2.67 bits per heavy atom. The maximum absolute atomic E-state index is 5.25. The topological polar surface area (TPSA) is 50.3 Å². The molecular weight excluding hydrogens is 264 g/mol. The number of anilines is 1. The SMILES string of the molecule is COCC1CCN(c2ncc(CNC(C)C)c(C)n2)CC1. The van der Waals surface area contributed by atoms with Crippen molar-refractivity contribution in [1.82, 2.24) is 15.3 Å². The van der Waals surface area contributed by atoms with E-state index in [2.05, 4.69) is 41.0 Å². The lowest BCUT2D eigenvalue weighted by atomic mass is 9.98. The van der Waals surface area contributed by atoms with E-state index in [1.165, 1.54) is 5.56 Å². The molecule has 1 N–H and O–H groups in total. The van der Waals surface area contributed by atoms with Crippen molar-refractivity contribution in [1.29, 1.82) is 0 Å². The molecule has 5 heteroatoms. The highest BCUT2D eigenvalue weighted by Crippen LogP contribution is 2.21. The van der Waals surface area contributed by atoms with Gasteiger partial charge in [-0.1, -0.05) is 13.8 Å². The van der Waals surface area contributed by atoms with Gasteiger partial charge in [0, 0.05) is 56.8 Å². The molecule has 1 aromatic rings. The van der Waals surface area contributed by atoms with Crippen LogP contribution < -0.4 is 10.2 Å². The molecule has 1 aliphatic rings. The van der Waals surface area contributed by atoms with Crippen molar-refractivity contribution in [3.8, 4) is 0 Å². The Hall–Kier alpha value is -1.20. The number of ether oxygens (including phenoxy) is 1. The van der Waals surface area contributed by atoms with Crippen molar-refractivity contribution in [2.45, 2.75) is 46.2 Å². The van der Waals surface area contributed by atoms with Crippen molar-refractivity contribution < 1.29 is 4.74 Å². The van der Waals surface area contributed by atoms with Crippen LogP contribution in [-0.4, -0.2) is 42.8 Å². The van der Waals surface area contributed by atoms with E-state index in [-0.39, 0.29) is 0 Å². The Balaban J connectivity index is 1.94. The maximum atomic E-state index is 5.25. The highest BCUT2D eigenvalue weighted by Gasteiger charge is 2.21. The summed E-state index contributed by atoms with van der Waals surface area (Å²) in [5, 5.41) is 3.41. The Morgan fingerprint density at radius 1 is 1.38 bits per heavy atom. The molecule has 1 aromatic heterocycles. The lowest BCUT2D eigenvalue weighted by molar-refractivity contribution is 0.139. The normalized spacial score (nSPS) is 16.7. The van der Waals surface area contributed by atoms with E-state index in [0.29, 0.717) is 12.0 Å². The standard InChI is InChI=1S/C16H28N4O/c1-12(2)17-9-15-10-18-16(19-13(15)3)20-7-5-14(6-8-20)11-21-4/h10,12,14,17H,5-9,11H2,1-4H3. The van der Waals surface area contributed by atoms with Crippen molar-refractivity contribution in [3.05, 3.63) is 17.5 Å². The predicted molar refractivity (Wildman–Crippen MR) is 85.6 cm³/mol. The maximum Gasteiger partial charge on any atom is 0.225 e. The van der Waals surface area contributed by atoms with Crippen LogP contribution in [0.2, 0.25) is 0 Å². The Bertz CT molecular complexity index is 442. The van der Waals surface area contributed by atoms with Crippen LogP contribution in [0.25, 0.3) is 0 Å². The molecule has 0 bridgehead atoms. The van der Waals surface area contributed by atoms with Crippen molar-refractivity contribution >= 4 is 5.95 Å². The first kappa shape index (κ1) is 16.2. The van der Waals surface area contributed by atoms with E-state index >= 15 is 0 Å². The molecule has 0 spiro atoms. The van der Waals surface area contributed by atoms with Gasteiger partial charge in [0.2, 0.25) is 5.95 Å². The van der Waals surface area contributed by atoms with Crippen LogP contribution in [0.4, 0.5) is 5.95 Å². The van der Waals surface area contributed by atoms with E-state index in [0.717, 1.165) is 50.7 Å². The summed E-state index contributed by atoms with van der Waals surface area (Å²) in [4.78, 5) is 11.5. The number of hydrogen-bond donors (Lipinski definition) is 1. The van der Waals surface area contributed by atoms with Crippen molar-refractivity contribution in [2.24, 2.45) is 5.92 Å². The van der Waals surface area contributed by atoms with Gasteiger partial charge in [0.15, 0.2) is 0 Å². The average molecular weight is 292 g/mol. The summed E-state index contributed by atoms with van der Waals surface area (Å²) < 4.78 is 5.25. The van der Waals surface area contributed by atoms with Gasteiger partial charge in [-0.25, -0.2) is 9.97 Å². The van der Waals surface area contributed by atoms with E-state index in [4.69, 9.17) is 4.74 Å². The second kappa shape index (κ2) is 7.71. The van der Waals surface area contributed by atoms with Gasteiger partial charge in [0.1, 0.15) is 0 Å². The summed E-state index contributed by atoms with van der Waals surface area (Å²) in [5.41, 5.74) is 2.26. The monoisotopic (exact) mass is 292 g/mol. The van der Waals surface area contributed by atoms with Gasteiger partial charge >= 0.3 is 0 Å². The Kier molecular flexibility index (Phi) is 5.94. The van der Waals surface area contributed by atoms with Gasteiger partial charge in [-0.15, -0.1) is 0 Å². The molecule has 5 nitrogen and oxygen atoms in total. The quantitative estimate of drug-likeness (QED) is 0.870. The van der Waals surface area contributed by atoms with Gasteiger partial charge in [-0.2, -0.15) is 0 Å². The van der Waals surface area contributed by atoms with Crippen molar-refractivity contribution in [2.75, 3.05) is 31.7 Å². The van der Waals surface area contributed by atoms with E-state index in [1.54, 1.807) is 7.11 Å². The number of rotatable bonds is 6. The van der Waals surface area contributed by atoms with Crippen LogP contribution in [-0.2, 0) is 11.3 Å². The lowest BCUT2D eigenvalue weighted by Crippen LogP contribution is -2.36. The van der Waals surface area contributed by atoms with Gasteiger partial charge in [0.05, 0.1) is 0 Å². The number of nitrogens with zero attached hydrogens (tertiary/aromatic N) is 3. The van der Waals surface area contributed by atoms with E-state index in [1.807, 2.05) is 6.20 Å². The molecule has 118 valence electrons. The highest BCUT2D eigenvalue weighted by molar-refractivity contribution is 5.33. The zero-order valence-electron chi connectivity index (χ0n) is 13.7. The average Bonchev–Trinajstić information content (AvgIpc) is 2.47. The molecule has 1 fully saturated rings. The number of aromatic nitrogens is 2. The zero-order valence-corrected chi connectivity index (χ0v) is 13.7. The number of piperidine rings is 1. The summed E-state index contributed by atoms with van der Waals surface area (Å²) in [6, 6.07) is 0.476. The van der Waals surface area contributed by atoms with E-state index < -0.39 is 0 Å². The third-order valence-electron chi connectivity index (χ3n) is 4.07. The fraction of sp³-hybridized carbons (Fsp3) is 0.750. The van der Waals surface area contributed by atoms with Gasteiger partial charge in [-0.3, -0.25) is 0 Å². The van der Waals surface area contributed by atoms with Crippen LogP contribution in [0.5, 0.6) is 0 Å². The van der Waals surface area contributed by atoms with Gasteiger partial charge < -0.3 is 15.0 Å². The summed E-state index contributed by atoms with van der Waals surface area (Å²) >= 11 is 0. The molecule has 21 heavy (non-hydrogen) atoms. The Labute approximate surface area is 128 Å². The molecule has 0 atom stereocenters. The molecule has 0 radical (unpaired) electrons. The first-order chi connectivity index (χ1) is 10.1. The molecule has 2 rings (SSSR count). The van der Waals surface area contributed by atoms with Crippen LogP contribution in [0.3, 0.4) is 0 Å². The number of aryl methyl sites for hydroxylation is 1. The number of nitrogens with one attached hydrogen (secondary N) is 1. The third-order valence-corrected chi connectivity index (χ3v) is 4.07. The lowest BCUT2D eigenvalue weighted by Gasteiger charge is -2.31. The Morgan fingerprint density at radius 2 is 2.10 bits per heavy atom. The fourth-order valence-corrected chi connectivity index (χ4v) is 2.66. The molecule has 0 amide bonds. The number of methoxy groups -OCH3 is 1. The molecule has 1 saturated heterocycles. The third kappa shape index (κ3) is 4.64. The highest BCUT2D eigenvalue weighted by atomic mass is 16.5. The minimum atomic E-state index is 0.476. The molecular formula is C16H28N4O.